The maximum Gasteiger partial charge on any atom is 0.240 e. The Balaban J connectivity index is 1.75. The van der Waals surface area contributed by atoms with E-state index in [4.69, 9.17) is 5.73 Å². The fraction of sp³-hybridized carbons (Fsp3) is 0.909. The summed E-state index contributed by atoms with van der Waals surface area (Å²) in [6, 6.07) is 0. The van der Waals surface area contributed by atoms with Gasteiger partial charge in [-0.2, -0.15) is 11.8 Å². The van der Waals surface area contributed by atoms with Gasteiger partial charge in [-0.3, -0.25) is 4.79 Å². The van der Waals surface area contributed by atoms with Crippen LogP contribution in [0.15, 0.2) is 0 Å². The Morgan fingerprint density at radius 3 is 2.80 bits per heavy atom. The van der Waals surface area contributed by atoms with Gasteiger partial charge in [-0.25, -0.2) is 0 Å². The molecule has 0 aromatic heterocycles. The van der Waals surface area contributed by atoms with Gasteiger partial charge in [0.25, 0.3) is 0 Å². The molecule has 0 spiro atoms. The van der Waals surface area contributed by atoms with E-state index in [0.29, 0.717) is 11.8 Å². The highest BCUT2D eigenvalue weighted by atomic mass is 32.2. The zero-order valence-electron chi connectivity index (χ0n) is 9.29. The first-order valence-corrected chi connectivity index (χ1v) is 6.91. The zero-order chi connectivity index (χ0) is 10.9. The van der Waals surface area contributed by atoms with Gasteiger partial charge in [0.2, 0.25) is 5.91 Å². The van der Waals surface area contributed by atoms with Gasteiger partial charge in [-0.1, -0.05) is 0 Å². The Hall–Kier alpha value is -0.220. The minimum absolute atomic E-state index is 0.0434. The van der Waals surface area contributed by atoms with Crippen molar-refractivity contribution in [1.29, 1.82) is 0 Å². The van der Waals surface area contributed by atoms with Gasteiger partial charge in [0.05, 0.1) is 5.54 Å². The second-order valence-electron chi connectivity index (χ2n) is 5.00. The minimum Gasteiger partial charge on any atom is -0.354 e. The van der Waals surface area contributed by atoms with Gasteiger partial charge in [0.15, 0.2) is 0 Å². The van der Waals surface area contributed by atoms with Crippen molar-refractivity contribution in [2.24, 2.45) is 17.6 Å². The highest BCUT2D eigenvalue weighted by molar-refractivity contribution is 7.99. The molecule has 1 heterocycles. The molecule has 0 aromatic carbocycles. The van der Waals surface area contributed by atoms with E-state index in [1.165, 1.54) is 17.9 Å². The van der Waals surface area contributed by atoms with Gasteiger partial charge >= 0.3 is 0 Å². The molecule has 4 heteroatoms. The molecule has 1 saturated carbocycles. The number of hydrogen-bond acceptors (Lipinski definition) is 3. The van der Waals surface area contributed by atoms with Crippen LogP contribution in [0.5, 0.6) is 0 Å². The SMILES string of the molecule is CC(N)(C(=O)NCC1CCSC1)C1CC1. The molecule has 3 N–H and O–H groups in total. The molecule has 3 nitrogen and oxygen atoms in total. The highest BCUT2D eigenvalue weighted by Crippen LogP contribution is 2.38. The quantitative estimate of drug-likeness (QED) is 0.754. The number of carbonyl (C=O) groups is 1. The molecule has 2 unspecified atom stereocenters. The highest BCUT2D eigenvalue weighted by Gasteiger charge is 2.43. The summed E-state index contributed by atoms with van der Waals surface area (Å²) in [5, 5.41) is 3.01. The van der Waals surface area contributed by atoms with E-state index < -0.39 is 5.54 Å². The molecular formula is C11H20N2OS. The summed E-state index contributed by atoms with van der Waals surface area (Å²) in [5.74, 6) is 3.54. The van der Waals surface area contributed by atoms with Crippen LogP contribution in [0.4, 0.5) is 0 Å². The van der Waals surface area contributed by atoms with Gasteiger partial charge < -0.3 is 11.1 Å². The maximum absolute atomic E-state index is 11.9. The zero-order valence-corrected chi connectivity index (χ0v) is 10.1. The molecule has 0 bridgehead atoms. The van der Waals surface area contributed by atoms with E-state index in [0.717, 1.165) is 19.4 Å². The molecule has 1 aliphatic heterocycles. The van der Waals surface area contributed by atoms with Crippen LogP contribution in [0.3, 0.4) is 0 Å². The standard InChI is InChI=1S/C11H20N2OS/c1-11(12,9-2-3-9)10(14)13-6-8-4-5-15-7-8/h8-9H,2-7,12H2,1H3,(H,13,14). The monoisotopic (exact) mass is 228 g/mol. The molecule has 0 radical (unpaired) electrons. The van der Waals surface area contributed by atoms with Crippen molar-refractivity contribution in [3.05, 3.63) is 0 Å². The van der Waals surface area contributed by atoms with Crippen molar-refractivity contribution < 1.29 is 4.79 Å². The fourth-order valence-corrected chi connectivity index (χ4v) is 3.32. The van der Waals surface area contributed by atoms with Gasteiger partial charge in [-0.05, 0) is 49.5 Å². The normalized spacial score (nSPS) is 29.9. The predicted molar refractivity (Wildman–Crippen MR) is 63.8 cm³/mol. The van der Waals surface area contributed by atoms with Gasteiger partial charge in [0, 0.05) is 6.54 Å². The van der Waals surface area contributed by atoms with Crippen LogP contribution in [0.2, 0.25) is 0 Å². The van der Waals surface area contributed by atoms with Crippen LogP contribution in [0, 0.1) is 11.8 Å². The van der Waals surface area contributed by atoms with E-state index in [1.54, 1.807) is 0 Å². The van der Waals surface area contributed by atoms with Crippen molar-refractivity contribution in [1.82, 2.24) is 5.32 Å². The van der Waals surface area contributed by atoms with Crippen LogP contribution in [0.25, 0.3) is 0 Å². The lowest BCUT2D eigenvalue weighted by atomic mass is 9.96. The van der Waals surface area contributed by atoms with Gasteiger partial charge in [0.1, 0.15) is 0 Å². The number of amides is 1. The Labute approximate surface area is 95.6 Å². The third-order valence-corrected chi connectivity index (χ3v) is 4.72. The average Bonchev–Trinajstić information content (AvgIpc) is 2.94. The first kappa shape index (κ1) is 11.3. The smallest absolute Gasteiger partial charge is 0.240 e. The van der Waals surface area contributed by atoms with Crippen LogP contribution in [0.1, 0.15) is 26.2 Å². The van der Waals surface area contributed by atoms with Crippen molar-refractivity contribution in [2.45, 2.75) is 31.7 Å². The average molecular weight is 228 g/mol. The van der Waals surface area contributed by atoms with E-state index in [1.807, 2.05) is 18.7 Å². The van der Waals surface area contributed by atoms with Gasteiger partial charge in [-0.15, -0.1) is 0 Å². The topological polar surface area (TPSA) is 55.1 Å². The summed E-state index contributed by atoms with van der Waals surface area (Å²) in [5.41, 5.74) is 5.40. The Bertz CT molecular complexity index is 245. The summed E-state index contributed by atoms with van der Waals surface area (Å²) in [7, 11) is 0. The summed E-state index contributed by atoms with van der Waals surface area (Å²) in [6.07, 6.45) is 3.45. The van der Waals surface area contributed by atoms with Crippen molar-refractivity contribution in [3.8, 4) is 0 Å². The first-order valence-electron chi connectivity index (χ1n) is 5.75. The third-order valence-electron chi connectivity index (χ3n) is 3.49. The molecule has 0 aromatic rings. The largest absolute Gasteiger partial charge is 0.354 e. The molecule has 1 aliphatic carbocycles. The Morgan fingerprint density at radius 1 is 1.53 bits per heavy atom. The molecular weight excluding hydrogens is 208 g/mol. The molecule has 2 aliphatic rings. The second kappa shape index (κ2) is 4.34. The lowest BCUT2D eigenvalue weighted by Gasteiger charge is -2.24. The summed E-state index contributed by atoms with van der Waals surface area (Å²) >= 11 is 1.98. The van der Waals surface area contributed by atoms with Crippen LogP contribution < -0.4 is 11.1 Å². The molecule has 2 rings (SSSR count). The van der Waals surface area contributed by atoms with E-state index in [2.05, 4.69) is 5.32 Å². The van der Waals surface area contributed by atoms with Crippen LogP contribution in [-0.4, -0.2) is 29.5 Å². The first-order chi connectivity index (χ1) is 7.10. The molecule has 86 valence electrons. The summed E-state index contributed by atoms with van der Waals surface area (Å²) in [6.45, 7) is 2.68. The van der Waals surface area contributed by atoms with Crippen LogP contribution in [-0.2, 0) is 4.79 Å². The number of hydrogen-bond donors (Lipinski definition) is 2. The van der Waals surface area contributed by atoms with Crippen molar-refractivity contribution >= 4 is 17.7 Å². The number of rotatable bonds is 4. The number of carbonyl (C=O) groups excluding carboxylic acids is 1. The number of thioether (sulfide) groups is 1. The van der Waals surface area contributed by atoms with E-state index in [9.17, 15) is 4.79 Å². The minimum atomic E-state index is -0.633. The molecule has 2 fully saturated rings. The molecule has 15 heavy (non-hydrogen) atoms. The lowest BCUT2D eigenvalue weighted by Crippen LogP contribution is -2.54. The third kappa shape index (κ3) is 2.67. The maximum atomic E-state index is 11.9. The van der Waals surface area contributed by atoms with E-state index in [-0.39, 0.29) is 5.91 Å². The molecule has 1 saturated heterocycles. The Morgan fingerprint density at radius 2 is 2.27 bits per heavy atom. The predicted octanol–water partition coefficient (Wildman–Crippen LogP) is 0.983. The van der Waals surface area contributed by atoms with Crippen LogP contribution >= 0.6 is 11.8 Å². The lowest BCUT2D eigenvalue weighted by molar-refractivity contribution is -0.126. The number of nitrogens with two attached hydrogens (primary N) is 1. The summed E-state index contributed by atoms with van der Waals surface area (Å²) in [4.78, 5) is 11.9. The van der Waals surface area contributed by atoms with Crippen molar-refractivity contribution in [2.75, 3.05) is 18.1 Å². The Kier molecular flexibility index (Phi) is 3.26. The molecule has 2 atom stereocenters. The van der Waals surface area contributed by atoms with Crippen molar-refractivity contribution in [3.63, 3.8) is 0 Å². The number of nitrogens with one attached hydrogen (secondary N) is 1. The molecule has 1 amide bonds. The second-order valence-corrected chi connectivity index (χ2v) is 6.15. The fourth-order valence-electron chi connectivity index (χ4n) is 2.04. The van der Waals surface area contributed by atoms with E-state index >= 15 is 0 Å². The summed E-state index contributed by atoms with van der Waals surface area (Å²) < 4.78 is 0.